The Morgan fingerprint density at radius 3 is 2.48 bits per heavy atom. The fourth-order valence-corrected chi connectivity index (χ4v) is 6.41. The molecule has 1 aromatic carbocycles. The first-order chi connectivity index (χ1) is 15.2. The Balaban J connectivity index is 1.62. The number of rotatable bonds is 3. The lowest BCUT2D eigenvalue weighted by Crippen LogP contribution is -2.44. The molecule has 0 unspecified atom stereocenters. The van der Waals surface area contributed by atoms with Gasteiger partial charge in [0, 0.05) is 37.1 Å². The molecule has 7 heteroatoms. The van der Waals surface area contributed by atoms with Crippen molar-refractivity contribution < 1.29 is 0 Å². The average molecular weight is 448 g/mol. The second kappa shape index (κ2) is 7.73. The van der Waals surface area contributed by atoms with Crippen molar-refractivity contribution in [3.63, 3.8) is 0 Å². The number of nitrogens with zero attached hydrogens (tertiary/aromatic N) is 5. The summed E-state index contributed by atoms with van der Waals surface area (Å²) in [5, 5.41) is 2.14. The Hall–Kier alpha value is -2.22. The quantitative estimate of drug-likeness (QED) is 0.330. The van der Waals surface area contributed by atoms with Gasteiger partial charge in [0.25, 0.3) is 0 Å². The SMILES string of the molecule is CSc1nc(N2CCN(C)CC2)c2sc3nc(-c4ccccc4)c4c(c3c2n1)CCC4. The van der Waals surface area contributed by atoms with Crippen LogP contribution in [0, 0.1) is 0 Å². The second-order valence-electron chi connectivity index (χ2n) is 8.42. The molecule has 5 nitrogen and oxygen atoms in total. The van der Waals surface area contributed by atoms with Gasteiger partial charge in [0.2, 0.25) is 0 Å². The lowest BCUT2D eigenvalue weighted by molar-refractivity contribution is 0.312. The molecule has 1 saturated heterocycles. The molecular weight excluding hydrogens is 422 g/mol. The van der Waals surface area contributed by atoms with Gasteiger partial charge in [-0.15, -0.1) is 11.3 Å². The maximum Gasteiger partial charge on any atom is 0.189 e. The van der Waals surface area contributed by atoms with Gasteiger partial charge in [-0.3, -0.25) is 0 Å². The number of likely N-dealkylation sites (N-methyl/N-ethyl adjacent to an activating group) is 1. The molecule has 0 saturated carbocycles. The number of hydrogen-bond acceptors (Lipinski definition) is 7. The summed E-state index contributed by atoms with van der Waals surface area (Å²) in [6.07, 6.45) is 5.48. The van der Waals surface area contributed by atoms with Gasteiger partial charge in [-0.25, -0.2) is 15.0 Å². The highest BCUT2D eigenvalue weighted by Gasteiger charge is 2.27. The molecule has 1 fully saturated rings. The summed E-state index contributed by atoms with van der Waals surface area (Å²) in [6.45, 7) is 4.14. The molecule has 3 aromatic heterocycles. The highest BCUT2D eigenvalue weighted by atomic mass is 32.2. The molecular formula is C24H25N5S2. The van der Waals surface area contributed by atoms with Gasteiger partial charge >= 0.3 is 0 Å². The van der Waals surface area contributed by atoms with Crippen LogP contribution in [0.25, 0.3) is 31.7 Å². The first kappa shape index (κ1) is 19.5. The van der Waals surface area contributed by atoms with Crippen molar-refractivity contribution in [2.24, 2.45) is 0 Å². The first-order valence-corrected chi connectivity index (χ1v) is 13.0. The van der Waals surface area contributed by atoms with E-state index in [1.807, 2.05) is 0 Å². The molecule has 158 valence electrons. The predicted octanol–water partition coefficient (Wildman–Crippen LogP) is 4.87. The number of benzene rings is 1. The van der Waals surface area contributed by atoms with Gasteiger partial charge in [-0.05, 0) is 43.7 Å². The zero-order valence-electron chi connectivity index (χ0n) is 17.9. The molecule has 6 rings (SSSR count). The van der Waals surface area contributed by atoms with Crippen molar-refractivity contribution in [2.75, 3.05) is 44.4 Å². The monoisotopic (exact) mass is 447 g/mol. The minimum atomic E-state index is 0.861. The molecule has 31 heavy (non-hydrogen) atoms. The van der Waals surface area contributed by atoms with E-state index >= 15 is 0 Å². The number of thioether (sulfide) groups is 1. The van der Waals surface area contributed by atoms with Gasteiger partial charge in [0.15, 0.2) is 11.0 Å². The summed E-state index contributed by atoms with van der Waals surface area (Å²) < 4.78 is 1.20. The zero-order valence-corrected chi connectivity index (χ0v) is 19.5. The van der Waals surface area contributed by atoms with Crippen molar-refractivity contribution in [1.29, 1.82) is 0 Å². The van der Waals surface area contributed by atoms with Gasteiger partial charge in [-0.2, -0.15) is 0 Å². The summed E-state index contributed by atoms with van der Waals surface area (Å²) in [5.41, 5.74) is 6.37. The van der Waals surface area contributed by atoms with Crippen molar-refractivity contribution in [1.82, 2.24) is 19.9 Å². The molecule has 0 amide bonds. The van der Waals surface area contributed by atoms with Crippen molar-refractivity contribution >= 4 is 49.3 Å². The fourth-order valence-electron chi connectivity index (χ4n) is 4.89. The highest BCUT2D eigenvalue weighted by molar-refractivity contribution is 7.98. The van der Waals surface area contributed by atoms with Crippen molar-refractivity contribution in [3.05, 3.63) is 41.5 Å². The van der Waals surface area contributed by atoms with Gasteiger partial charge in [0.1, 0.15) is 4.83 Å². The van der Waals surface area contributed by atoms with Crippen LogP contribution >= 0.6 is 23.1 Å². The maximum absolute atomic E-state index is 5.23. The van der Waals surface area contributed by atoms with E-state index in [1.54, 1.807) is 23.1 Å². The Labute approximate surface area is 190 Å². The van der Waals surface area contributed by atoms with Gasteiger partial charge in [0.05, 0.1) is 15.9 Å². The number of aryl methyl sites for hydroxylation is 1. The van der Waals surface area contributed by atoms with E-state index in [9.17, 15) is 0 Å². The Bertz CT molecular complexity index is 1280. The van der Waals surface area contributed by atoms with Crippen LogP contribution in [0.2, 0.25) is 0 Å². The largest absolute Gasteiger partial charge is 0.353 e. The van der Waals surface area contributed by atoms with Crippen LogP contribution < -0.4 is 4.90 Å². The third kappa shape index (κ3) is 3.22. The fraction of sp³-hybridized carbons (Fsp3) is 0.375. The summed E-state index contributed by atoms with van der Waals surface area (Å²) >= 11 is 3.41. The highest BCUT2D eigenvalue weighted by Crippen LogP contribution is 2.44. The molecule has 0 bridgehead atoms. The normalized spacial score (nSPS) is 17.0. The third-order valence-corrected chi connectivity index (χ3v) is 8.14. The summed E-state index contributed by atoms with van der Waals surface area (Å²) in [6, 6.07) is 10.6. The summed E-state index contributed by atoms with van der Waals surface area (Å²) in [7, 11) is 2.19. The molecule has 0 radical (unpaired) electrons. The van der Waals surface area contributed by atoms with E-state index < -0.39 is 0 Å². The number of pyridine rings is 1. The van der Waals surface area contributed by atoms with E-state index in [1.165, 1.54) is 33.2 Å². The molecule has 4 heterocycles. The van der Waals surface area contributed by atoms with Crippen LogP contribution in [0.1, 0.15) is 17.5 Å². The van der Waals surface area contributed by atoms with E-state index in [4.69, 9.17) is 15.0 Å². The molecule has 4 aromatic rings. The number of piperazine rings is 1. The Morgan fingerprint density at radius 2 is 1.71 bits per heavy atom. The lowest BCUT2D eigenvalue weighted by atomic mass is 10.0. The lowest BCUT2D eigenvalue weighted by Gasteiger charge is -2.33. The van der Waals surface area contributed by atoms with Gasteiger partial charge < -0.3 is 9.80 Å². The Kier molecular flexibility index (Phi) is 4.85. The topological polar surface area (TPSA) is 45.2 Å². The number of hydrogen-bond donors (Lipinski definition) is 0. The number of thiophene rings is 1. The smallest absolute Gasteiger partial charge is 0.189 e. The van der Waals surface area contributed by atoms with Gasteiger partial charge in [-0.1, -0.05) is 42.1 Å². The van der Waals surface area contributed by atoms with Crippen molar-refractivity contribution in [3.8, 4) is 11.3 Å². The minimum absolute atomic E-state index is 0.861. The molecule has 2 aliphatic rings. The van der Waals surface area contributed by atoms with Crippen molar-refractivity contribution in [2.45, 2.75) is 24.4 Å². The first-order valence-electron chi connectivity index (χ1n) is 10.9. The number of aromatic nitrogens is 3. The number of fused-ring (bicyclic) bond motifs is 5. The van der Waals surface area contributed by atoms with Crippen LogP contribution in [0.3, 0.4) is 0 Å². The Morgan fingerprint density at radius 1 is 0.935 bits per heavy atom. The van der Waals surface area contributed by atoms with E-state index in [0.29, 0.717) is 0 Å². The predicted molar refractivity (Wildman–Crippen MR) is 132 cm³/mol. The maximum atomic E-state index is 5.23. The summed E-state index contributed by atoms with van der Waals surface area (Å²) in [5.74, 6) is 1.10. The molecule has 1 aliphatic carbocycles. The van der Waals surface area contributed by atoms with E-state index in [0.717, 1.165) is 66.0 Å². The van der Waals surface area contributed by atoms with Crippen LogP contribution in [-0.2, 0) is 12.8 Å². The standard InChI is InChI=1S/C24H25N5S2/c1-28-11-13-29(14-12-28)22-21-20(26-24(27-22)30-2)18-16-9-6-10-17(16)19(25-23(18)31-21)15-7-4-3-5-8-15/h3-5,7-8H,6,9-14H2,1-2H3. The molecule has 0 N–H and O–H groups in total. The van der Waals surface area contributed by atoms with Crippen LogP contribution in [0.5, 0.6) is 0 Å². The molecule has 1 aliphatic heterocycles. The minimum Gasteiger partial charge on any atom is -0.353 e. The molecule has 0 atom stereocenters. The summed E-state index contributed by atoms with van der Waals surface area (Å²) in [4.78, 5) is 21.2. The zero-order chi connectivity index (χ0) is 20.9. The van der Waals surface area contributed by atoms with Crippen LogP contribution in [-0.4, -0.2) is 59.3 Å². The molecule has 0 spiro atoms. The number of anilines is 1. The van der Waals surface area contributed by atoms with Crippen LogP contribution in [0.4, 0.5) is 5.82 Å². The third-order valence-electron chi connectivity index (χ3n) is 6.53. The average Bonchev–Trinajstić information content (AvgIpc) is 3.43. The van der Waals surface area contributed by atoms with Crippen LogP contribution in [0.15, 0.2) is 35.5 Å². The van der Waals surface area contributed by atoms with E-state index in [-0.39, 0.29) is 0 Å². The van der Waals surface area contributed by atoms with E-state index in [2.05, 4.69) is 53.4 Å². The second-order valence-corrected chi connectivity index (χ2v) is 10.2.